The van der Waals surface area contributed by atoms with Crippen LogP contribution in [-0.4, -0.2) is 16.9 Å². The van der Waals surface area contributed by atoms with E-state index in [9.17, 15) is 9.59 Å². The Labute approximate surface area is 111 Å². The maximum atomic E-state index is 12.4. The number of rotatable bonds is 0. The third-order valence-corrected chi connectivity index (χ3v) is 4.08. The van der Waals surface area contributed by atoms with E-state index in [1.807, 2.05) is 19.1 Å². The Balaban J connectivity index is 2.17. The van der Waals surface area contributed by atoms with Gasteiger partial charge >= 0.3 is 0 Å². The molecule has 2 nitrogen and oxygen atoms in total. The molecular formula is C15H13ClO2. The summed E-state index contributed by atoms with van der Waals surface area (Å²) in [4.78, 5) is 24.8. The van der Waals surface area contributed by atoms with Gasteiger partial charge in [0.05, 0.1) is 0 Å². The molecule has 1 aromatic carbocycles. The number of fused-ring (bicyclic) bond motifs is 1. The first-order valence-corrected chi connectivity index (χ1v) is 6.57. The Morgan fingerprint density at radius 1 is 1.11 bits per heavy atom. The lowest BCUT2D eigenvalue weighted by molar-refractivity contribution is 0.0964. The first kappa shape index (κ1) is 11.7. The molecule has 2 aliphatic carbocycles. The van der Waals surface area contributed by atoms with E-state index < -0.39 is 0 Å². The van der Waals surface area contributed by atoms with Gasteiger partial charge in [-0.05, 0) is 32.3 Å². The minimum Gasteiger partial charge on any atom is -0.289 e. The molecule has 3 heteroatoms. The fourth-order valence-electron chi connectivity index (χ4n) is 2.75. The molecule has 18 heavy (non-hydrogen) atoms. The van der Waals surface area contributed by atoms with Gasteiger partial charge in [-0.3, -0.25) is 9.59 Å². The standard InChI is InChI=1S/C15H13ClO2/c1-8-2-4-10-12(6-8)14(17)11-5-3-9(16)7-13(11)15(10)18/h2,4,6,9H,3,5,7H2,1H3. The van der Waals surface area contributed by atoms with Crippen molar-refractivity contribution in [2.24, 2.45) is 0 Å². The average molecular weight is 261 g/mol. The Morgan fingerprint density at radius 3 is 2.61 bits per heavy atom. The second-order valence-corrected chi connectivity index (χ2v) is 5.62. The summed E-state index contributed by atoms with van der Waals surface area (Å²) in [6.07, 6.45) is 1.93. The van der Waals surface area contributed by atoms with Gasteiger partial charge < -0.3 is 0 Å². The maximum Gasteiger partial charge on any atom is 0.190 e. The number of carbonyl (C=O) groups is 2. The van der Waals surface area contributed by atoms with Crippen molar-refractivity contribution < 1.29 is 9.59 Å². The fourth-order valence-corrected chi connectivity index (χ4v) is 3.01. The first-order valence-electron chi connectivity index (χ1n) is 6.14. The predicted molar refractivity (Wildman–Crippen MR) is 70.4 cm³/mol. The lowest BCUT2D eigenvalue weighted by atomic mass is 9.77. The van der Waals surface area contributed by atoms with Crippen LogP contribution >= 0.6 is 11.6 Å². The highest BCUT2D eigenvalue weighted by molar-refractivity contribution is 6.28. The van der Waals surface area contributed by atoms with Crippen molar-refractivity contribution in [2.75, 3.05) is 0 Å². The quantitative estimate of drug-likeness (QED) is 0.670. The lowest BCUT2D eigenvalue weighted by Gasteiger charge is -2.27. The zero-order valence-electron chi connectivity index (χ0n) is 10.1. The van der Waals surface area contributed by atoms with Crippen LogP contribution in [0.3, 0.4) is 0 Å². The summed E-state index contributed by atoms with van der Waals surface area (Å²) >= 11 is 6.10. The second-order valence-electron chi connectivity index (χ2n) is 5.00. The van der Waals surface area contributed by atoms with Gasteiger partial charge in [0.25, 0.3) is 0 Å². The van der Waals surface area contributed by atoms with Gasteiger partial charge in [0.2, 0.25) is 0 Å². The fraction of sp³-hybridized carbons (Fsp3) is 0.333. The molecule has 0 saturated carbocycles. The molecule has 0 bridgehead atoms. The monoisotopic (exact) mass is 260 g/mol. The number of hydrogen-bond donors (Lipinski definition) is 0. The highest BCUT2D eigenvalue weighted by atomic mass is 35.5. The second kappa shape index (κ2) is 4.06. The third kappa shape index (κ3) is 1.64. The number of carbonyl (C=O) groups excluding carboxylic acids is 2. The van der Waals surface area contributed by atoms with Crippen LogP contribution < -0.4 is 0 Å². The molecule has 92 valence electrons. The van der Waals surface area contributed by atoms with Gasteiger partial charge in [-0.15, -0.1) is 11.6 Å². The molecule has 0 amide bonds. The zero-order valence-corrected chi connectivity index (χ0v) is 10.9. The van der Waals surface area contributed by atoms with Crippen LogP contribution in [0.1, 0.15) is 45.5 Å². The van der Waals surface area contributed by atoms with Crippen LogP contribution in [0.5, 0.6) is 0 Å². The SMILES string of the molecule is Cc1ccc2c(c1)C(=O)C1=C(CC(Cl)CC1)C2=O. The molecule has 1 atom stereocenters. The van der Waals surface area contributed by atoms with E-state index in [1.165, 1.54) is 0 Å². The minimum absolute atomic E-state index is 0.00931. The molecule has 0 radical (unpaired) electrons. The molecule has 2 aliphatic rings. The lowest BCUT2D eigenvalue weighted by Crippen LogP contribution is -2.27. The molecule has 0 spiro atoms. The number of aryl methyl sites for hydroxylation is 1. The summed E-state index contributed by atoms with van der Waals surface area (Å²) < 4.78 is 0. The van der Waals surface area contributed by atoms with E-state index in [2.05, 4.69) is 0 Å². The summed E-state index contributed by atoms with van der Waals surface area (Å²) in [5.41, 5.74) is 3.43. The molecule has 1 unspecified atom stereocenters. The molecule has 0 aromatic heterocycles. The van der Waals surface area contributed by atoms with Crippen molar-refractivity contribution in [2.45, 2.75) is 31.6 Å². The topological polar surface area (TPSA) is 34.1 Å². The zero-order chi connectivity index (χ0) is 12.9. The van der Waals surface area contributed by atoms with Crippen molar-refractivity contribution in [3.63, 3.8) is 0 Å². The normalized spacial score (nSPS) is 22.9. The molecule has 1 aromatic rings. The molecule has 3 rings (SSSR count). The van der Waals surface area contributed by atoms with Crippen LogP contribution in [0.4, 0.5) is 0 Å². The summed E-state index contributed by atoms with van der Waals surface area (Å²) in [6.45, 7) is 1.93. The number of benzene rings is 1. The van der Waals surface area contributed by atoms with Crippen LogP contribution in [0.15, 0.2) is 29.3 Å². The van der Waals surface area contributed by atoms with Gasteiger partial charge in [-0.2, -0.15) is 0 Å². The Hall–Kier alpha value is -1.41. The van der Waals surface area contributed by atoms with E-state index >= 15 is 0 Å². The van der Waals surface area contributed by atoms with Crippen molar-refractivity contribution in [3.8, 4) is 0 Å². The molecule has 0 aliphatic heterocycles. The average Bonchev–Trinajstić information content (AvgIpc) is 2.36. The Kier molecular flexibility index (Phi) is 2.63. The smallest absolute Gasteiger partial charge is 0.190 e. The Bertz CT molecular complexity index is 599. The molecule has 0 heterocycles. The first-order chi connectivity index (χ1) is 8.58. The summed E-state index contributed by atoms with van der Waals surface area (Å²) in [6, 6.07) is 5.44. The van der Waals surface area contributed by atoms with Gasteiger partial charge in [-0.25, -0.2) is 0 Å². The van der Waals surface area contributed by atoms with Crippen LogP contribution in [0, 0.1) is 6.92 Å². The molecule has 0 saturated heterocycles. The van der Waals surface area contributed by atoms with E-state index in [-0.39, 0.29) is 16.9 Å². The number of allylic oxidation sites excluding steroid dienone is 2. The summed E-state index contributed by atoms with van der Waals surface area (Å²) in [5, 5.41) is -0.0208. The van der Waals surface area contributed by atoms with E-state index in [0.29, 0.717) is 35.1 Å². The Morgan fingerprint density at radius 2 is 1.83 bits per heavy atom. The molecule has 0 N–H and O–H groups in total. The predicted octanol–water partition coefficient (Wildman–Crippen LogP) is 3.46. The summed E-state index contributed by atoms with van der Waals surface area (Å²) in [5.74, 6) is 0.0109. The number of halogens is 1. The van der Waals surface area contributed by atoms with Gasteiger partial charge in [0.1, 0.15) is 0 Å². The van der Waals surface area contributed by atoms with Crippen LogP contribution in [-0.2, 0) is 0 Å². The number of ketones is 2. The van der Waals surface area contributed by atoms with E-state index in [1.54, 1.807) is 6.07 Å². The van der Waals surface area contributed by atoms with Crippen molar-refractivity contribution in [1.29, 1.82) is 0 Å². The highest BCUT2D eigenvalue weighted by Gasteiger charge is 2.35. The van der Waals surface area contributed by atoms with Crippen LogP contribution in [0.25, 0.3) is 0 Å². The number of Topliss-reactive ketones (excluding diaryl/α,β-unsaturated/α-hetero) is 2. The van der Waals surface area contributed by atoms with Crippen molar-refractivity contribution in [1.82, 2.24) is 0 Å². The number of alkyl halides is 1. The van der Waals surface area contributed by atoms with Crippen molar-refractivity contribution in [3.05, 3.63) is 46.0 Å². The molecule has 0 fully saturated rings. The minimum atomic E-state index is -0.0208. The number of hydrogen-bond acceptors (Lipinski definition) is 2. The van der Waals surface area contributed by atoms with E-state index in [0.717, 1.165) is 12.0 Å². The van der Waals surface area contributed by atoms with Gasteiger partial charge in [-0.1, -0.05) is 17.7 Å². The maximum absolute atomic E-state index is 12.4. The van der Waals surface area contributed by atoms with Gasteiger partial charge in [0.15, 0.2) is 11.6 Å². The van der Waals surface area contributed by atoms with Gasteiger partial charge in [0, 0.05) is 27.7 Å². The molecular weight excluding hydrogens is 248 g/mol. The third-order valence-electron chi connectivity index (χ3n) is 3.71. The highest BCUT2D eigenvalue weighted by Crippen LogP contribution is 2.37. The van der Waals surface area contributed by atoms with E-state index in [4.69, 9.17) is 11.6 Å². The largest absolute Gasteiger partial charge is 0.289 e. The van der Waals surface area contributed by atoms with Crippen LogP contribution in [0.2, 0.25) is 0 Å². The van der Waals surface area contributed by atoms with Crippen molar-refractivity contribution >= 4 is 23.2 Å². The summed E-state index contributed by atoms with van der Waals surface area (Å²) in [7, 11) is 0.